The maximum Gasteiger partial charge on any atom is 0.230 e. The van der Waals surface area contributed by atoms with E-state index < -0.39 is 11.5 Å². The second-order valence-electron chi connectivity index (χ2n) is 8.52. The Labute approximate surface area is 161 Å². The summed E-state index contributed by atoms with van der Waals surface area (Å²) in [4.78, 5) is 13.3. The molecule has 0 aromatic heterocycles. The van der Waals surface area contributed by atoms with E-state index in [4.69, 9.17) is 0 Å². The smallest absolute Gasteiger partial charge is 0.230 e. The van der Waals surface area contributed by atoms with Gasteiger partial charge in [-0.1, -0.05) is 63.2 Å². The summed E-state index contributed by atoms with van der Waals surface area (Å²) in [5.74, 6) is -0.490. The van der Waals surface area contributed by atoms with Crippen molar-refractivity contribution in [3.05, 3.63) is 71.5 Å². The van der Waals surface area contributed by atoms with Crippen molar-refractivity contribution in [3.63, 3.8) is 0 Å². The maximum absolute atomic E-state index is 13.4. The molecule has 2 N–H and O–H groups in total. The molecule has 0 spiro atoms. The topological polar surface area (TPSA) is 49.3 Å². The number of hydrogen-bond acceptors (Lipinski definition) is 2. The van der Waals surface area contributed by atoms with Crippen molar-refractivity contribution in [2.45, 2.75) is 52.0 Å². The fraction of sp³-hybridized carbons (Fsp3) is 0.435. The van der Waals surface area contributed by atoms with Crippen LogP contribution in [0.5, 0.6) is 0 Å². The van der Waals surface area contributed by atoms with E-state index in [-0.39, 0.29) is 23.7 Å². The first-order valence-corrected chi connectivity index (χ1v) is 9.38. The molecule has 0 fully saturated rings. The van der Waals surface area contributed by atoms with E-state index in [1.54, 1.807) is 12.1 Å². The van der Waals surface area contributed by atoms with Gasteiger partial charge >= 0.3 is 0 Å². The second kappa shape index (κ2) is 8.66. The van der Waals surface area contributed by atoms with Gasteiger partial charge in [0.1, 0.15) is 5.82 Å². The van der Waals surface area contributed by atoms with Crippen LogP contribution < -0.4 is 5.32 Å². The first-order chi connectivity index (χ1) is 12.7. The summed E-state index contributed by atoms with van der Waals surface area (Å²) < 4.78 is 13.4. The Balaban J connectivity index is 2.31. The minimum absolute atomic E-state index is 0.0668. The normalized spacial score (nSPS) is 15.0. The van der Waals surface area contributed by atoms with Crippen molar-refractivity contribution in [1.29, 1.82) is 0 Å². The molecule has 0 aliphatic rings. The van der Waals surface area contributed by atoms with Crippen LogP contribution in [0.1, 0.15) is 57.7 Å². The van der Waals surface area contributed by atoms with E-state index >= 15 is 0 Å². The van der Waals surface area contributed by atoms with Gasteiger partial charge in [0.2, 0.25) is 5.91 Å². The van der Waals surface area contributed by atoms with Crippen LogP contribution in [0, 0.1) is 11.2 Å². The number of halogens is 1. The van der Waals surface area contributed by atoms with E-state index in [1.165, 1.54) is 12.1 Å². The Morgan fingerprint density at radius 3 is 2.11 bits per heavy atom. The summed E-state index contributed by atoms with van der Waals surface area (Å²) in [5, 5.41) is 12.8. The molecular formula is C23H30FNO2. The first kappa shape index (κ1) is 21.1. The summed E-state index contributed by atoms with van der Waals surface area (Å²) in [7, 11) is 0. The van der Waals surface area contributed by atoms with Crippen molar-refractivity contribution < 1.29 is 14.3 Å². The number of carbonyl (C=O) groups excluding carboxylic acids is 1. The molecule has 0 saturated heterocycles. The third-order valence-electron chi connectivity index (χ3n) is 5.05. The third kappa shape index (κ3) is 5.64. The number of aliphatic hydroxyl groups excluding tert-OH is 1. The van der Waals surface area contributed by atoms with Crippen molar-refractivity contribution in [3.8, 4) is 0 Å². The highest BCUT2D eigenvalue weighted by Crippen LogP contribution is 2.35. The lowest BCUT2D eigenvalue weighted by Crippen LogP contribution is -2.45. The number of carbonyl (C=O) groups is 1. The zero-order chi connectivity index (χ0) is 20.1. The van der Waals surface area contributed by atoms with E-state index in [2.05, 4.69) is 26.1 Å². The van der Waals surface area contributed by atoms with E-state index in [1.807, 2.05) is 37.3 Å². The van der Waals surface area contributed by atoms with Gasteiger partial charge in [0, 0.05) is 0 Å². The van der Waals surface area contributed by atoms with Crippen molar-refractivity contribution >= 4 is 5.91 Å². The number of nitrogens with one attached hydrogen (secondary N) is 1. The van der Waals surface area contributed by atoms with Crippen molar-refractivity contribution in [2.75, 3.05) is 6.61 Å². The molecule has 1 amide bonds. The third-order valence-corrected chi connectivity index (χ3v) is 5.05. The molecule has 0 radical (unpaired) electrons. The van der Waals surface area contributed by atoms with Gasteiger partial charge in [-0.25, -0.2) is 4.39 Å². The predicted octanol–water partition coefficient (Wildman–Crippen LogP) is 4.76. The van der Waals surface area contributed by atoms with Gasteiger partial charge in [-0.05, 0) is 48.4 Å². The van der Waals surface area contributed by atoms with Crippen LogP contribution in [0.4, 0.5) is 4.39 Å². The number of aliphatic hydroxyl groups is 1. The molecule has 0 heterocycles. The van der Waals surface area contributed by atoms with Gasteiger partial charge in [-0.15, -0.1) is 0 Å². The Morgan fingerprint density at radius 2 is 1.59 bits per heavy atom. The first-order valence-electron chi connectivity index (χ1n) is 9.38. The molecule has 1 unspecified atom stereocenters. The lowest BCUT2D eigenvalue weighted by Gasteiger charge is -2.33. The van der Waals surface area contributed by atoms with Gasteiger partial charge in [0.15, 0.2) is 0 Å². The number of amides is 1. The predicted molar refractivity (Wildman–Crippen MR) is 107 cm³/mol. The molecule has 3 nitrogen and oxygen atoms in total. The lowest BCUT2D eigenvalue weighted by atomic mass is 9.73. The molecule has 0 aliphatic carbocycles. The molecule has 27 heavy (non-hydrogen) atoms. The highest BCUT2D eigenvalue weighted by atomic mass is 19.1. The van der Waals surface area contributed by atoms with Crippen molar-refractivity contribution in [2.24, 2.45) is 5.41 Å². The molecule has 2 aromatic rings. The Bertz CT molecular complexity index is 737. The highest BCUT2D eigenvalue weighted by molar-refractivity contribution is 5.88. The second-order valence-corrected chi connectivity index (χ2v) is 8.52. The SMILES string of the molecule is CC(C)(C)CCC(C)(C(=O)N[C@@H](CO)c1ccccc1)c1ccc(F)cc1. The Hall–Kier alpha value is -2.20. The summed E-state index contributed by atoms with van der Waals surface area (Å²) >= 11 is 0. The van der Waals surface area contributed by atoms with E-state index in [0.717, 1.165) is 17.5 Å². The summed E-state index contributed by atoms with van der Waals surface area (Å²) in [6.07, 6.45) is 1.46. The Kier molecular flexibility index (Phi) is 6.77. The molecule has 0 aliphatic heterocycles. The average Bonchev–Trinajstić information content (AvgIpc) is 2.64. The number of benzene rings is 2. The van der Waals surface area contributed by atoms with E-state index in [0.29, 0.717) is 6.42 Å². The quantitative estimate of drug-likeness (QED) is 0.737. The molecule has 0 bridgehead atoms. The Morgan fingerprint density at radius 1 is 1.00 bits per heavy atom. The fourth-order valence-corrected chi connectivity index (χ4v) is 3.07. The van der Waals surface area contributed by atoms with Gasteiger partial charge < -0.3 is 10.4 Å². The molecule has 2 atom stereocenters. The summed E-state index contributed by atoms with van der Waals surface area (Å²) in [6, 6.07) is 15.1. The summed E-state index contributed by atoms with van der Waals surface area (Å²) in [5.41, 5.74) is 0.877. The van der Waals surface area contributed by atoms with Gasteiger partial charge in [0.25, 0.3) is 0 Å². The molecule has 146 valence electrons. The standard InChI is InChI=1S/C23H30FNO2/c1-22(2,3)14-15-23(4,18-10-12-19(24)13-11-18)21(27)25-20(16-26)17-8-6-5-7-9-17/h5-13,20,26H,14-16H2,1-4H3,(H,25,27)/t20-,23?/m0/s1. The molecule has 4 heteroatoms. The monoisotopic (exact) mass is 371 g/mol. The maximum atomic E-state index is 13.4. The van der Waals surface area contributed by atoms with Crippen LogP contribution in [-0.4, -0.2) is 17.6 Å². The minimum Gasteiger partial charge on any atom is -0.394 e. The molecule has 0 saturated carbocycles. The van der Waals surface area contributed by atoms with Gasteiger partial charge in [-0.2, -0.15) is 0 Å². The zero-order valence-electron chi connectivity index (χ0n) is 16.6. The van der Waals surface area contributed by atoms with Crippen LogP contribution in [-0.2, 0) is 10.2 Å². The zero-order valence-corrected chi connectivity index (χ0v) is 16.6. The van der Waals surface area contributed by atoms with Crippen molar-refractivity contribution in [1.82, 2.24) is 5.32 Å². The van der Waals surface area contributed by atoms with Gasteiger partial charge in [-0.3, -0.25) is 4.79 Å². The largest absolute Gasteiger partial charge is 0.394 e. The van der Waals surface area contributed by atoms with Gasteiger partial charge in [0.05, 0.1) is 18.1 Å². The van der Waals surface area contributed by atoms with E-state index in [9.17, 15) is 14.3 Å². The molecule has 2 aromatic carbocycles. The van der Waals surface area contributed by atoms with Crippen LogP contribution in [0.3, 0.4) is 0 Å². The average molecular weight is 371 g/mol. The summed E-state index contributed by atoms with van der Waals surface area (Å²) in [6.45, 7) is 8.11. The number of hydrogen-bond donors (Lipinski definition) is 2. The highest BCUT2D eigenvalue weighted by Gasteiger charge is 2.37. The molecule has 2 rings (SSSR count). The number of rotatable bonds is 7. The van der Waals surface area contributed by atoms with Crippen LogP contribution in [0.2, 0.25) is 0 Å². The fourth-order valence-electron chi connectivity index (χ4n) is 3.07. The molecular weight excluding hydrogens is 341 g/mol. The minimum atomic E-state index is -0.816. The van der Waals surface area contributed by atoms with Crippen LogP contribution >= 0.6 is 0 Å². The lowest BCUT2D eigenvalue weighted by molar-refractivity contribution is -0.127. The van der Waals surface area contributed by atoms with Crippen LogP contribution in [0.15, 0.2) is 54.6 Å². The van der Waals surface area contributed by atoms with Crippen LogP contribution in [0.25, 0.3) is 0 Å².